The lowest BCUT2D eigenvalue weighted by atomic mass is 10.1. The number of anilines is 2. The van der Waals surface area contributed by atoms with E-state index in [4.69, 9.17) is 0 Å². The number of benzene rings is 1. The van der Waals surface area contributed by atoms with Crippen molar-refractivity contribution in [3.63, 3.8) is 0 Å². The standard InChI is InChI=1S/C30H26FN9/c1-18(19-8-4-2-5-9-19)35-21-14-20(15-32-16-21)22-17-34-28-24(25(22)31)27(38-39-28)30-36-26-23(10-11-33-29(26)37-30)40-12-6-3-7-13-40/h2,4-5,8-11,14-17,35H,1,3,6-7,12-13H2,(H,33,36,37)(H,34,38,39). The van der Waals surface area contributed by atoms with Crippen molar-refractivity contribution in [1.82, 2.24) is 35.1 Å². The molecule has 0 amide bonds. The van der Waals surface area contributed by atoms with Crippen molar-refractivity contribution in [2.45, 2.75) is 19.3 Å². The van der Waals surface area contributed by atoms with Crippen molar-refractivity contribution in [1.29, 1.82) is 0 Å². The van der Waals surface area contributed by atoms with Crippen molar-refractivity contribution >= 4 is 39.3 Å². The number of nitrogens with one attached hydrogen (secondary N) is 3. The van der Waals surface area contributed by atoms with E-state index in [0.717, 1.165) is 42.7 Å². The molecule has 3 N–H and O–H groups in total. The first kappa shape index (κ1) is 24.0. The Morgan fingerprint density at radius 3 is 2.67 bits per heavy atom. The molecule has 1 fully saturated rings. The summed E-state index contributed by atoms with van der Waals surface area (Å²) in [7, 11) is 0. The molecular weight excluding hydrogens is 505 g/mol. The van der Waals surface area contributed by atoms with Gasteiger partial charge in [0.15, 0.2) is 17.1 Å². The zero-order valence-corrected chi connectivity index (χ0v) is 21.7. The average Bonchev–Trinajstić information content (AvgIpc) is 3.63. The Labute approximate surface area is 229 Å². The molecular formula is C30H26FN9. The summed E-state index contributed by atoms with van der Waals surface area (Å²) in [6, 6.07) is 13.6. The highest BCUT2D eigenvalue weighted by atomic mass is 19.1. The lowest BCUT2D eigenvalue weighted by Gasteiger charge is -2.28. The van der Waals surface area contributed by atoms with Crippen molar-refractivity contribution < 1.29 is 4.39 Å². The SMILES string of the molecule is C=C(Nc1cncc(-c2cnc3n[nH]c(-c4nc5nccc(N6CCCCC6)c5[nH]4)c3c2F)c1)c1ccccc1. The monoisotopic (exact) mass is 531 g/mol. The summed E-state index contributed by atoms with van der Waals surface area (Å²) in [6.45, 7) is 6.10. The Morgan fingerprint density at radius 1 is 0.975 bits per heavy atom. The third-order valence-electron chi connectivity index (χ3n) is 7.29. The Morgan fingerprint density at radius 2 is 1.82 bits per heavy atom. The van der Waals surface area contributed by atoms with E-state index in [1.807, 2.05) is 42.5 Å². The number of imidazole rings is 1. The van der Waals surface area contributed by atoms with Crippen LogP contribution in [0.4, 0.5) is 15.8 Å². The zero-order valence-electron chi connectivity index (χ0n) is 21.7. The molecule has 0 spiro atoms. The number of aromatic nitrogens is 7. The van der Waals surface area contributed by atoms with E-state index >= 15 is 4.39 Å². The van der Waals surface area contributed by atoms with Crippen LogP contribution in [0.3, 0.4) is 0 Å². The minimum atomic E-state index is -0.459. The smallest absolute Gasteiger partial charge is 0.184 e. The molecule has 6 aromatic rings. The number of rotatable bonds is 6. The molecule has 198 valence electrons. The molecule has 10 heteroatoms. The van der Waals surface area contributed by atoms with E-state index < -0.39 is 5.82 Å². The van der Waals surface area contributed by atoms with Crippen molar-refractivity contribution in [2.75, 3.05) is 23.3 Å². The highest BCUT2D eigenvalue weighted by Crippen LogP contribution is 2.35. The van der Waals surface area contributed by atoms with Gasteiger partial charge in [0.2, 0.25) is 0 Å². The molecule has 0 radical (unpaired) electrons. The van der Waals surface area contributed by atoms with Crippen LogP contribution in [-0.4, -0.2) is 48.2 Å². The summed E-state index contributed by atoms with van der Waals surface area (Å²) < 4.78 is 16.2. The van der Waals surface area contributed by atoms with Crippen LogP contribution >= 0.6 is 0 Å². The normalized spacial score (nSPS) is 13.7. The van der Waals surface area contributed by atoms with Gasteiger partial charge in [-0.2, -0.15) is 5.10 Å². The maximum absolute atomic E-state index is 16.2. The fourth-order valence-electron chi connectivity index (χ4n) is 5.28. The first-order valence-electron chi connectivity index (χ1n) is 13.2. The summed E-state index contributed by atoms with van der Waals surface area (Å²) >= 11 is 0. The van der Waals surface area contributed by atoms with Gasteiger partial charge in [0, 0.05) is 48.5 Å². The van der Waals surface area contributed by atoms with E-state index in [1.165, 1.54) is 12.6 Å². The number of pyridine rings is 3. The number of fused-ring (bicyclic) bond motifs is 2. The van der Waals surface area contributed by atoms with E-state index in [2.05, 4.69) is 51.9 Å². The molecule has 7 rings (SSSR count). The van der Waals surface area contributed by atoms with Crippen LogP contribution < -0.4 is 10.2 Å². The predicted molar refractivity (Wildman–Crippen MR) is 155 cm³/mol. The van der Waals surface area contributed by atoms with Crippen molar-refractivity contribution in [3.8, 4) is 22.6 Å². The van der Waals surface area contributed by atoms with Crippen LogP contribution in [0.5, 0.6) is 0 Å². The van der Waals surface area contributed by atoms with Crippen molar-refractivity contribution in [3.05, 3.63) is 85.2 Å². The van der Waals surface area contributed by atoms with Gasteiger partial charge in [-0.15, -0.1) is 0 Å². The number of piperidine rings is 1. The molecule has 0 aliphatic carbocycles. The van der Waals surface area contributed by atoms with Crippen LogP contribution in [0.1, 0.15) is 24.8 Å². The highest BCUT2D eigenvalue weighted by molar-refractivity contribution is 5.95. The van der Waals surface area contributed by atoms with Gasteiger partial charge in [0.25, 0.3) is 0 Å². The fourth-order valence-corrected chi connectivity index (χ4v) is 5.28. The number of hydrogen-bond donors (Lipinski definition) is 3. The third kappa shape index (κ3) is 4.23. The van der Waals surface area contributed by atoms with Crippen LogP contribution in [0.25, 0.3) is 50.5 Å². The molecule has 1 aromatic carbocycles. The second kappa shape index (κ2) is 9.88. The number of aromatic amines is 2. The van der Waals surface area contributed by atoms with Gasteiger partial charge in [-0.3, -0.25) is 10.1 Å². The molecule has 0 saturated carbocycles. The summed E-state index contributed by atoms with van der Waals surface area (Å²) in [4.78, 5) is 23.6. The Kier molecular flexibility index (Phi) is 5.92. The van der Waals surface area contributed by atoms with E-state index in [0.29, 0.717) is 39.7 Å². The first-order chi connectivity index (χ1) is 19.7. The van der Waals surface area contributed by atoms with E-state index in [1.54, 1.807) is 18.6 Å². The minimum absolute atomic E-state index is 0.253. The van der Waals surface area contributed by atoms with Crippen LogP contribution in [-0.2, 0) is 0 Å². The maximum Gasteiger partial charge on any atom is 0.184 e. The van der Waals surface area contributed by atoms with Gasteiger partial charge in [-0.25, -0.2) is 19.3 Å². The van der Waals surface area contributed by atoms with Gasteiger partial charge < -0.3 is 15.2 Å². The molecule has 40 heavy (non-hydrogen) atoms. The molecule has 0 bridgehead atoms. The second-order valence-corrected chi connectivity index (χ2v) is 9.88. The molecule has 9 nitrogen and oxygen atoms in total. The quantitative estimate of drug-likeness (QED) is 0.236. The summed E-state index contributed by atoms with van der Waals surface area (Å²) in [5.41, 5.74) is 6.38. The number of hydrogen-bond acceptors (Lipinski definition) is 7. The molecule has 0 atom stereocenters. The van der Waals surface area contributed by atoms with Crippen molar-refractivity contribution in [2.24, 2.45) is 0 Å². The molecule has 1 aliphatic heterocycles. The highest BCUT2D eigenvalue weighted by Gasteiger charge is 2.22. The Hall–Kier alpha value is -5.12. The lowest BCUT2D eigenvalue weighted by Crippen LogP contribution is -2.29. The first-order valence-corrected chi connectivity index (χ1v) is 13.2. The average molecular weight is 532 g/mol. The summed E-state index contributed by atoms with van der Waals surface area (Å²) in [5.74, 6) is -0.000678. The van der Waals surface area contributed by atoms with E-state index in [9.17, 15) is 0 Å². The van der Waals surface area contributed by atoms with Crippen LogP contribution in [0.2, 0.25) is 0 Å². The molecule has 0 unspecified atom stereocenters. The van der Waals surface area contributed by atoms with Gasteiger partial charge >= 0.3 is 0 Å². The Balaban J connectivity index is 1.26. The minimum Gasteiger partial charge on any atom is -0.370 e. The fraction of sp³-hybridized carbons (Fsp3) is 0.167. The van der Waals surface area contributed by atoms with Gasteiger partial charge in [0.1, 0.15) is 17.0 Å². The van der Waals surface area contributed by atoms with Gasteiger partial charge in [0.05, 0.1) is 23.0 Å². The third-order valence-corrected chi connectivity index (χ3v) is 7.29. The number of H-pyrrole nitrogens is 2. The lowest BCUT2D eigenvalue weighted by molar-refractivity contribution is 0.578. The van der Waals surface area contributed by atoms with Gasteiger partial charge in [-0.05, 0) is 37.0 Å². The molecule has 1 aliphatic rings. The maximum atomic E-state index is 16.2. The summed E-state index contributed by atoms with van der Waals surface area (Å²) in [6.07, 6.45) is 10.1. The number of halogens is 1. The second-order valence-electron chi connectivity index (χ2n) is 9.88. The van der Waals surface area contributed by atoms with E-state index in [-0.39, 0.29) is 11.0 Å². The molecule has 6 heterocycles. The largest absolute Gasteiger partial charge is 0.370 e. The molecule has 1 saturated heterocycles. The summed E-state index contributed by atoms with van der Waals surface area (Å²) in [5, 5.41) is 10.7. The van der Waals surface area contributed by atoms with Crippen LogP contribution in [0.15, 0.2) is 73.8 Å². The van der Waals surface area contributed by atoms with Crippen LogP contribution in [0, 0.1) is 5.82 Å². The molecule has 5 aromatic heterocycles. The van der Waals surface area contributed by atoms with Gasteiger partial charge in [-0.1, -0.05) is 36.9 Å². The Bertz CT molecular complexity index is 1850. The predicted octanol–water partition coefficient (Wildman–Crippen LogP) is 6.17. The topological polar surface area (TPSA) is 111 Å². The zero-order chi connectivity index (χ0) is 27.1. The number of nitrogens with zero attached hydrogens (tertiary/aromatic N) is 6.